The summed E-state index contributed by atoms with van der Waals surface area (Å²) in [5.74, 6) is -0.500. The maximum atomic E-state index is 13.8. The molecule has 1 aromatic heterocycles. The number of esters is 1. The van der Waals surface area contributed by atoms with E-state index in [2.05, 4.69) is 15.1 Å². The maximum Gasteiger partial charge on any atom is 0.459 e. The summed E-state index contributed by atoms with van der Waals surface area (Å²) in [6.45, 7) is 1.27. The number of methoxy groups -OCH3 is 1. The van der Waals surface area contributed by atoms with Gasteiger partial charge in [-0.2, -0.15) is 10.1 Å². The number of aliphatic hydroxyl groups is 1. The van der Waals surface area contributed by atoms with E-state index in [4.69, 9.17) is 19.5 Å². The lowest BCUT2D eigenvalue weighted by molar-refractivity contribution is -0.142. The van der Waals surface area contributed by atoms with Gasteiger partial charge in [0.1, 0.15) is 18.1 Å². The average Bonchev–Trinajstić information content (AvgIpc) is 3.22. The number of carbonyl (C=O) groups is 1. The van der Waals surface area contributed by atoms with Gasteiger partial charge in [-0.05, 0) is 18.4 Å². The fourth-order valence-corrected chi connectivity index (χ4v) is 6.78. The average molecular weight is 536 g/mol. The summed E-state index contributed by atoms with van der Waals surface area (Å²) in [7, 11) is -2.93. The molecular weight excluding hydrogens is 509 g/mol. The molecule has 1 aliphatic heterocycles. The Balaban J connectivity index is 1.53. The normalized spacial score (nSPS) is 22.1. The van der Waals surface area contributed by atoms with Gasteiger partial charge in [0, 0.05) is 11.8 Å². The van der Waals surface area contributed by atoms with E-state index in [1.807, 2.05) is 30.3 Å². The first-order valence-corrected chi connectivity index (χ1v) is 13.5. The molecule has 0 bridgehead atoms. The van der Waals surface area contributed by atoms with Gasteiger partial charge in [-0.3, -0.25) is 13.9 Å². The van der Waals surface area contributed by atoms with Gasteiger partial charge in [0.2, 0.25) is 5.95 Å². The van der Waals surface area contributed by atoms with Crippen LogP contribution in [0.1, 0.15) is 18.7 Å². The second kappa shape index (κ2) is 11.0. The van der Waals surface area contributed by atoms with Crippen LogP contribution in [0.15, 0.2) is 53.6 Å². The molecule has 0 spiro atoms. The highest BCUT2D eigenvalue weighted by atomic mass is 32.2. The van der Waals surface area contributed by atoms with Crippen molar-refractivity contribution in [2.24, 2.45) is 0 Å². The summed E-state index contributed by atoms with van der Waals surface area (Å²) in [5.41, 5.74) is 4.86. The topological polar surface area (TPSA) is 168 Å². The third-order valence-corrected chi connectivity index (χ3v) is 8.71. The lowest BCUT2D eigenvalue weighted by Crippen LogP contribution is -2.35. The lowest BCUT2D eigenvalue weighted by Gasteiger charge is -2.24. The molecule has 4 rings (SSSR count). The number of thioether (sulfide) groups is 1. The second-order valence-electron chi connectivity index (χ2n) is 8.07. The molecule has 1 saturated heterocycles. The van der Waals surface area contributed by atoms with E-state index in [0.717, 1.165) is 5.39 Å². The Morgan fingerprint density at radius 1 is 1.33 bits per heavy atom. The van der Waals surface area contributed by atoms with Crippen molar-refractivity contribution in [3.8, 4) is 5.75 Å². The molecule has 12 nitrogen and oxygen atoms in total. The number of anilines is 1. The molecule has 4 N–H and O–H groups in total. The van der Waals surface area contributed by atoms with E-state index in [0.29, 0.717) is 11.1 Å². The fourth-order valence-electron chi connectivity index (χ4n) is 3.72. The Bertz CT molecular complexity index is 1350. The Morgan fingerprint density at radius 2 is 2.08 bits per heavy atom. The summed E-state index contributed by atoms with van der Waals surface area (Å²) in [6, 6.07) is 11.7. The number of nitrogens with two attached hydrogens (primary N) is 1. The molecule has 36 heavy (non-hydrogen) atoms. The molecule has 0 radical (unpaired) electrons. The zero-order valence-electron chi connectivity index (χ0n) is 19.5. The molecule has 0 aliphatic carbocycles. The monoisotopic (exact) mass is 535 g/mol. The molecular formula is C22H26N5O7PS. The van der Waals surface area contributed by atoms with Gasteiger partial charge in [0.15, 0.2) is 0 Å². The van der Waals surface area contributed by atoms with Crippen LogP contribution in [0.3, 0.4) is 0 Å². The molecule has 1 aliphatic rings. The van der Waals surface area contributed by atoms with Crippen molar-refractivity contribution in [2.75, 3.05) is 19.5 Å². The maximum absolute atomic E-state index is 13.8. The molecule has 2 aromatic carbocycles. The number of nitrogens with zero attached hydrogens (tertiary/aromatic N) is 3. The predicted molar refractivity (Wildman–Crippen MR) is 134 cm³/mol. The van der Waals surface area contributed by atoms with E-state index in [1.165, 1.54) is 36.7 Å². The summed E-state index contributed by atoms with van der Waals surface area (Å²) < 4.78 is 31.4. The standard InChI is InChI=1S/C22H26N5O7PS/c1-13(20(29)32-2)26-35(31,34-17-9-5-7-14-6-3-4-8-15(14)17)33-11-18-16(28)10-19(36-18)27-12-24-21(23)25-22(27)30/h3-9,12-13,16,18-19,28H,10-11H2,1-2H3,(H,26,31)(H2,23,25,30)/t13-,16+,18+,19+,35?/m0/s1. The lowest BCUT2D eigenvalue weighted by atomic mass is 10.1. The van der Waals surface area contributed by atoms with Gasteiger partial charge < -0.3 is 20.1 Å². The van der Waals surface area contributed by atoms with Crippen molar-refractivity contribution in [2.45, 2.75) is 36.1 Å². The smallest absolute Gasteiger partial charge is 0.459 e. The van der Waals surface area contributed by atoms with E-state index in [9.17, 15) is 19.3 Å². The van der Waals surface area contributed by atoms with Crippen LogP contribution in [0.4, 0.5) is 5.95 Å². The summed E-state index contributed by atoms with van der Waals surface area (Å²) in [4.78, 5) is 31.6. The van der Waals surface area contributed by atoms with Gasteiger partial charge in [0.25, 0.3) is 0 Å². The molecule has 14 heteroatoms. The first-order valence-electron chi connectivity index (χ1n) is 11.0. The van der Waals surface area contributed by atoms with Crippen molar-refractivity contribution in [1.82, 2.24) is 19.6 Å². The van der Waals surface area contributed by atoms with E-state index in [1.54, 1.807) is 12.1 Å². The van der Waals surface area contributed by atoms with Gasteiger partial charge in [0.05, 0.1) is 30.4 Å². The number of aliphatic hydroxyl groups excluding tert-OH is 1. The largest absolute Gasteiger partial charge is 0.468 e. The van der Waals surface area contributed by atoms with Crippen molar-refractivity contribution in [1.29, 1.82) is 0 Å². The highest BCUT2D eigenvalue weighted by molar-refractivity contribution is 8.00. The van der Waals surface area contributed by atoms with E-state index < -0.39 is 42.2 Å². The SMILES string of the molecule is COC(=O)[C@H](C)NP(=O)(OC[C@H]1S[C@@H](n2cnc(N)nc2=O)C[C@H]1O)Oc1cccc2ccccc12. The van der Waals surface area contributed by atoms with E-state index >= 15 is 0 Å². The number of hydrogen-bond donors (Lipinski definition) is 3. The van der Waals surface area contributed by atoms with Crippen molar-refractivity contribution >= 4 is 42.2 Å². The van der Waals surface area contributed by atoms with Crippen molar-refractivity contribution < 1.29 is 28.3 Å². The number of ether oxygens (including phenoxy) is 1. The molecule has 1 unspecified atom stereocenters. The van der Waals surface area contributed by atoms with Crippen LogP contribution in [0.2, 0.25) is 0 Å². The highest BCUT2D eigenvalue weighted by Gasteiger charge is 2.39. The van der Waals surface area contributed by atoms with Crippen LogP contribution in [0.5, 0.6) is 5.75 Å². The molecule has 2 heterocycles. The van der Waals surface area contributed by atoms with Gasteiger partial charge >= 0.3 is 19.4 Å². The molecule has 192 valence electrons. The zero-order valence-corrected chi connectivity index (χ0v) is 21.2. The van der Waals surface area contributed by atoms with Crippen LogP contribution in [-0.4, -0.2) is 56.7 Å². The Kier molecular flexibility index (Phi) is 7.96. The number of fused-ring (bicyclic) bond motifs is 1. The quantitative estimate of drug-likeness (QED) is 0.270. The van der Waals surface area contributed by atoms with Crippen LogP contribution in [0.25, 0.3) is 10.8 Å². The van der Waals surface area contributed by atoms with Crippen LogP contribution in [-0.2, 0) is 18.6 Å². The number of carbonyl (C=O) groups excluding carboxylic acids is 1. The van der Waals surface area contributed by atoms with Crippen molar-refractivity contribution in [3.63, 3.8) is 0 Å². The second-order valence-corrected chi connectivity index (χ2v) is 11.2. The number of benzene rings is 2. The van der Waals surface area contributed by atoms with Crippen LogP contribution < -0.4 is 21.0 Å². The number of hydrogen-bond acceptors (Lipinski definition) is 11. The summed E-state index contributed by atoms with van der Waals surface area (Å²) in [5, 5.41) is 13.7. The summed E-state index contributed by atoms with van der Waals surface area (Å²) >= 11 is 1.24. The molecule has 3 aromatic rings. The first-order chi connectivity index (χ1) is 17.2. The van der Waals surface area contributed by atoms with E-state index in [-0.39, 0.29) is 19.0 Å². The molecule has 5 atom stereocenters. The molecule has 0 saturated carbocycles. The van der Waals surface area contributed by atoms with Gasteiger partial charge in [-0.1, -0.05) is 36.4 Å². The number of nitrogens with one attached hydrogen (secondary N) is 1. The highest BCUT2D eigenvalue weighted by Crippen LogP contribution is 2.49. The summed E-state index contributed by atoms with van der Waals surface area (Å²) in [6.07, 6.45) is 0.604. The van der Waals surface area contributed by atoms with Crippen molar-refractivity contribution in [3.05, 3.63) is 59.3 Å². The minimum atomic E-state index is -4.14. The minimum absolute atomic E-state index is 0.142. The Morgan fingerprint density at radius 3 is 2.83 bits per heavy atom. The Labute approximate surface area is 210 Å². The number of nitrogen functional groups attached to an aromatic ring is 1. The fraction of sp³-hybridized carbons (Fsp3) is 0.364. The van der Waals surface area contributed by atoms with Gasteiger partial charge in [-0.25, -0.2) is 14.3 Å². The zero-order chi connectivity index (χ0) is 25.9. The molecule has 1 fully saturated rings. The Hall–Kier alpha value is -2.96. The van der Waals surface area contributed by atoms with Crippen LogP contribution >= 0.6 is 19.5 Å². The molecule has 0 amide bonds. The predicted octanol–water partition coefficient (Wildman–Crippen LogP) is 2.09. The first kappa shape index (κ1) is 26.1. The minimum Gasteiger partial charge on any atom is -0.468 e. The van der Waals surface area contributed by atoms with Crippen LogP contribution in [0, 0.1) is 0 Å². The number of aromatic nitrogens is 3. The third kappa shape index (κ3) is 5.88. The van der Waals surface area contributed by atoms with Gasteiger partial charge in [-0.15, -0.1) is 11.8 Å². The number of rotatable bonds is 9. The third-order valence-electron chi connectivity index (χ3n) is 5.54.